The van der Waals surface area contributed by atoms with Gasteiger partial charge in [-0.05, 0) is 19.1 Å². The molecule has 0 fully saturated rings. The maximum atomic E-state index is 8.98. The number of hydrogen-bond acceptors (Lipinski definition) is 2. The van der Waals surface area contributed by atoms with Gasteiger partial charge in [-0.1, -0.05) is 11.6 Å². The summed E-state index contributed by atoms with van der Waals surface area (Å²) in [6, 6.07) is 3.61. The molecule has 4 heteroatoms. The number of imidazole rings is 1. The van der Waals surface area contributed by atoms with Crippen molar-refractivity contribution in [3.63, 3.8) is 0 Å². The molecule has 1 N–H and O–H groups in total. The smallest absolute Gasteiger partial charge is 0.137 e. The van der Waals surface area contributed by atoms with Crippen molar-refractivity contribution in [2.45, 2.75) is 13.5 Å². The van der Waals surface area contributed by atoms with Crippen molar-refractivity contribution >= 4 is 17.2 Å². The molecule has 0 aliphatic rings. The van der Waals surface area contributed by atoms with Crippen molar-refractivity contribution in [1.82, 2.24) is 9.38 Å². The summed E-state index contributed by atoms with van der Waals surface area (Å²) in [6.07, 6.45) is 1.79. The second kappa shape index (κ2) is 3.01. The molecule has 0 radical (unpaired) electrons. The lowest BCUT2D eigenvalue weighted by atomic mass is 10.4. The number of hydrogen-bond donors (Lipinski definition) is 1. The minimum Gasteiger partial charge on any atom is -0.390 e. The molecule has 0 unspecified atom stereocenters. The Bertz CT molecular complexity index is 450. The highest BCUT2D eigenvalue weighted by Crippen LogP contribution is 2.15. The minimum absolute atomic E-state index is 0.0366. The molecule has 2 rings (SSSR count). The Hall–Kier alpha value is -1.06. The largest absolute Gasteiger partial charge is 0.390 e. The third-order valence-corrected chi connectivity index (χ3v) is 2.29. The van der Waals surface area contributed by atoms with E-state index in [1.54, 1.807) is 12.3 Å². The quantitative estimate of drug-likeness (QED) is 0.755. The summed E-state index contributed by atoms with van der Waals surface area (Å²) in [5.74, 6) is 0. The van der Waals surface area contributed by atoms with Crippen LogP contribution in [0.3, 0.4) is 0 Å². The minimum atomic E-state index is -0.0366. The van der Waals surface area contributed by atoms with E-state index in [1.165, 1.54) is 0 Å². The first-order chi connectivity index (χ1) is 6.22. The number of halogens is 1. The van der Waals surface area contributed by atoms with Crippen LogP contribution < -0.4 is 0 Å². The van der Waals surface area contributed by atoms with Crippen LogP contribution in [0.4, 0.5) is 0 Å². The molecule has 0 aliphatic heterocycles. The molecule has 0 saturated heterocycles. The second-order valence-electron chi connectivity index (χ2n) is 2.88. The van der Waals surface area contributed by atoms with E-state index in [2.05, 4.69) is 4.98 Å². The summed E-state index contributed by atoms with van der Waals surface area (Å²) in [6.45, 7) is 1.87. The van der Waals surface area contributed by atoms with E-state index in [0.29, 0.717) is 10.7 Å². The maximum Gasteiger partial charge on any atom is 0.137 e. The molecule has 0 amide bonds. The van der Waals surface area contributed by atoms with Gasteiger partial charge in [-0.15, -0.1) is 0 Å². The molecule has 0 aliphatic carbocycles. The summed E-state index contributed by atoms with van der Waals surface area (Å²) in [4.78, 5) is 4.23. The van der Waals surface area contributed by atoms with Crippen LogP contribution in [0.5, 0.6) is 0 Å². The third-order valence-electron chi connectivity index (χ3n) is 2.07. The molecule has 3 nitrogen and oxygen atoms in total. The topological polar surface area (TPSA) is 37.5 Å². The molecule has 0 atom stereocenters. The lowest BCUT2D eigenvalue weighted by molar-refractivity contribution is 0.276. The molecule has 13 heavy (non-hydrogen) atoms. The van der Waals surface area contributed by atoms with Gasteiger partial charge in [0.15, 0.2) is 0 Å². The fourth-order valence-electron chi connectivity index (χ4n) is 1.33. The first-order valence-corrected chi connectivity index (χ1v) is 4.34. The summed E-state index contributed by atoms with van der Waals surface area (Å²) in [5.41, 5.74) is 2.44. The highest BCUT2D eigenvalue weighted by Gasteiger charge is 2.06. The Morgan fingerprint density at radius 3 is 3.00 bits per heavy atom. The maximum absolute atomic E-state index is 8.98. The molecule has 0 aromatic carbocycles. The predicted octanol–water partition coefficient (Wildman–Crippen LogP) is 1.79. The van der Waals surface area contributed by atoms with Crippen molar-refractivity contribution in [1.29, 1.82) is 0 Å². The first kappa shape index (κ1) is 8.53. The number of pyridine rings is 1. The Morgan fingerprint density at radius 1 is 1.54 bits per heavy atom. The van der Waals surface area contributed by atoms with Crippen molar-refractivity contribution in [3.8, 4) is 0 Å². The zero-order chi connectivity index (χ0) is 9.42. The number of aryl methyl sites for hydroxylation is 1. The Balaban J connectivity index is 2.77. The zero-order valence-electron chi connectivity index (χ0n) is 7.16. The van der Waals surface area contributed by atoms with Crippen LogP contribution in [-0.2, 0) is 6.61 Å². The van der Waals surface area contributed by atoms with E-state index in [9.17, 15) is 0 Å². The number of rotatable bonds is 1. The Labute approximate surface area is 80.6 Å². The van der Waals surface area contributed by atoms with Crippen molar-refractivity contribution < 1.29 is 5.11 Å². The van der Waals surface area contributed by atoms with Crippen LogP contribution in [0.15, 0.2) is 18.3 Å². The Kier molecular flexibility index (Phi) is 1.98. The number of nitrogens with zero attached hydrogens (tertiary/aromatic N) is 2. The molecule has 0 saturated carbocycles. The van der Waals surface area contributed by atoms with Gasteiger partial charge in [0.25, 0.3) is 0 Å². The lowest BCUT2D eigenvalue weighted by Crippen LogP contribution is -1.89. The average molecular weight is 197 g/mol. The fourth-order valence-corrected chi connectivity index (χ4v) is 1.50. The zero-order valence-corrected chi connectivity index (χ0v) is 7.91. The van der Waals surface area contributed by atoms with Gasteiger partial charge in [0.2, 0.25) is 0 Å². The lowest BCUT2D eigenvalue weighted by Gasteiger charge is -1.96. The van der Waals surface area contributed by atoms with E-state index in [4.69, 9.17) is 16.7 Å². The summed E-state index contributed by atoms with van der Waals surface area (Å²) < 4.78 is 1.87. The average Bonchev–Trinajstić information content (AvgIpc) is 2.44. The molecular weight excluding hydrogens is 188 g/mol. The summed E-state index contributed by atoms with van der Waals surface area (Å²) in [5, 5.41) is 9.64. The predicted molar refractivity (Wildman–Crippen MR) is 50.9 cm³/mol. The van der Waals surface area contributed by atoms with Gasteiger partial charge in [-0.25, -0.2) is 4.98 Å². The highest BCUT2D eigenvalue weighted by atomic mass is 35.5. The van der Waals surface area contributed by atoms with Crippen molar-refractivity contribution in [2.75, 3.05) is 0 Å². The summed E-state index contributed by atoms with van der Waals surface area (Å²) >= 11 is 5.83. The SMILES string of the molecule is Cc1c(CO)nc2ccc(Cl)cn12. The molecule has 2 aromatic rings. The van der Waals surface area contributed by atoms with Gasteiger partial charge in [0.1, 0.15) is 5.65 Å². The van der Waals surface area contributed by atoms with Crippen molar-refractivity contribution in [2.24, 2.45) is 0 Å². The van der Waals surface area contributed by atoms with E-state index < -0.39 is 0 Å². The number of fused-ring (bicyclic) bond motifs is 1. The van der Waals surface area contributed by atoms with Crippen LogP contribution in [-0.4, -0.2) is 14.5 Å². The molecule has 2 heterocycles. The van der Waals surface area contributed by atoms with E-state index >= 15 is 0 Å². The number of aliphatic hydroxyl groups excluding tert-OH is 1. The van der Waals surface area contributed by atoms with Crippen molar-refractivity contribution in [3.05, 3.63) is 34.7 Å². The van der Waals surface area contributed by atoms with E-state index in [0.717, 1.165) is 11.3 Å². The summed E-state index contributed by atoms with van der Waals surface area (Å²) in [7, 11) is 0. The van der Waals surface area contributed by atoms with Gasteiger partial charge in [0, 0.05) is 11.9 Å². The first-order valence-electron chi connectivity index (χ1n) is 3.96. The van der Waals surface area contributed by atoms with Gasteiger partial charge < -0.3 is 9.51 Å². The van der Waals surface area contributed by atoms with Gasteiger partial charge in [0.05, 0.1) is 17.3 Å². The number of aromatic nitrogens is 2. The normalized spacial score (nSPS) is 11.0. The molecule has 68 valence electrons. The third kappa shape index (κ3) is 1.30. The monoisotopic (exact) mass is 196 g/mol. The Morgan fingerprint density at radius 2 is 2.31 bits per heavy atom. The van der Waals surface area contributed by atoms with Crippen LogP contribution in [0, 0.1) is 6.92 Å². The molecular formula is C9H9ClN2O. The molecule has 0 spiro atoms. The van der Waals surface area contributed by atoms with E-state index in [-0.39, 0.29) is 6.61 Å². The molecule has 0 bridgehead atoms. The van der Waals surface area contributed by atoms with Gasteiger partial charge >= 0.3 is 0 Å². The highest BCUT2D eigenvalue weighted by molar-refractivity contribution is 6.30. The van der Waals surface area contributed by atoms with Gasteiger partial charge in [-0.3, -0.25) is 0 Å². The van der Waals surface area contributed by atoms with Crippen LogP contribution in [0.25, 0.3) is 5.65 Å². The second-order valence-corrected chi connectivity index (χ2v) is 3.31. The van der Waals surface area contributed by atoms with Crippen LogP contribution >= 0.6 is 11.6 Å². The number of aliphatic hydroxyl groups is 1. The van der Waals surface area contributed by atoms with Gasteiger partial charge in [-0.2, -0.15) is 0 Å². The van der Waals surface area contributed by atoms with E-state index in [1.807, 2.05) is 17.4 Å². The molecule has 2 aromatic heterocycles. The fraction of sp³-hybridized carbons (Fsp3) is 0.222. The van der Waals surface area contributed by atoms with Crippen LogP contribution in [0.2, 0.25) is 5.02 Å². The standard InChI is InChI=1S/C9H9ClN2O/c1-6-8(5-13)11-9-3-2-7(10)4-12(6)9/h2-4,13H,5H2,1H3. The van der Waals surface area contributed by atoms with Crippen LogP contribution in [0.1, 0.15) is 11.4 Å².